The van der Waals surface area contributed by atoms with Crippen molar-refractivity contribution in [2.24, 2.45) is 0 Å². The predicted octanol–water partition coefficient (Wildman–Crippen LogP) is 3.71. The zero-order valence-corrected chi connectivity index (χ0v) is 14.2. The standard InChI is InChI=1S/C19H20N4O2/c1-11-17-13(10-15(12-6-7-12)21-18(17)25-22-11)19(24)23-9-3-5-16(23)14-4-2-8-20-14/h2,4,8,10,12,16,20H,3,5-7,9H2,1H3/t16-/m0/s1. The molecule has 2 fully saturated rings. The van der Waals surface area contributed by atoms with E-state index in [9.17, 15) is 4.79 Å². The number of aryl methyl sites for hydroxylation is 1. The van der Waals surface area contributed by atoms with Crippen LogP contribution in [0.4, 0.5) is 0 Å². The van der Waals surface area contributed by atoms with Gasteiger partial charge in [-0.15, -0.1) is 0 Å². The Hall–Kier alpha value is -2.63. The molecule has 1 aliphatic heterocycles. The van der Waals surface area contributed by atoms with Crippen molar-refractivity contribution >= 4 is 17.0 Å². The Morgan fingerprint density at radius 1 is 1.36 bits per heavy atom. The van der Waals surface area contributed by atoms with Gasteiger partial charge in [0.25, 0.3) is 11.6 Å². The van der Waals surface area contributed by atoms with Gasteiger partial charge in [-0.2, -0.15) is 0 Å². The van der Waals surface area contributed by atoms with Crippen LogP contribution in [0.25, 0.3) is 11.1 Å². The van der Waals surface area contributed by atoms with E-state index in [-0.39, 0.29) is 11.9 Å². The van der Waals surface area contributed by atoms with Gasteiger partial charge in [-0.05, 0) is 50.8 Å². The molecule has 25 heavy (non-hydrogen) atoms. The zero-order valence-electron chi connectivity index (χ0n) is 14.2. The molecule has 1 N–H and O–H groups in total. The van der Waals surface area contributed by atoms with Gasteiger partial charge in [-0.3, -0.25) is 4.79 Å². The molecule has 1 saturated carbocycles. The average Bonchev–Trinajstić information content (AvgIpc) is 3.02. The molecule has 5 rings (SSSR count). The third-order valence-corrected chi connectivity index (χ3v) is 5.36. The molecule has 128 valence electrons. The van der Waals surface area contributed by atoms with Gasteiger partial charge in [0.05, 0.1) is 22.7 Å². The molecule has 3 aromatic heterocycles. The first-order valence-electron chi connectivity index (χ1n) is 8.93. The van der Waals surface area contributed by atoms with Crippen molar-refractivity contribution in [2.75, 3.05) is 6.54 Å². The summed E-state index contributed by atoms with van der Waals surface area (Å²) in [5.41, 5.74) is 3.96. The van der Waals surface area contributed by atoms with Crippen LogP contribution in [0.5, 0.6) is 0 Å². The molecular weight excluding hydrogens is 316 g/mol. The normalized spacial score (nSPS) is 20.5. The van der Waals surface area contributed by atoms with Crippen molar-refractivity contribution in [1.82, 2.24) is 20.0 Å². The molecule has 2 aliphatic rings. The summed E-state index contributed by atoms with van der Waals surface area (Å²) >= 11 is 0. The summed E-state index contributed by atoms with van der Waals surface area (Å²) in [4.78, 5) is 23.3. The quantitative estimate of drug-likeness (QED) is 0.791. The lowest BCUT2D eigenvalue weighted by Gasteiger charge is -2.24. The maximum atomic E-state index is 13.4. The molecule has 1 atom stereocenters. The average molecular weight is 336 g/mol. The van der Waals surface area contributed by atoms with Crippen LogP contribution in [0.3, 0.4) is 0 Å². The first kappa shape index (κ1) is 14.7. The van der Waals surface area contributed by atoms with E-state index in [2.05, 4.69) is 21.2 Å². The van der Waals surface area contributed by atoms with Crippen LogP contribution in [-0.2, 0) is 0 Å². The van der Waals surface area contributed by atoms with E-state index >= 15 is 0 Å². The highest BCUT2D eigenvalue weighted by atomic mass is 16.5. The van der Waals surface area contributed by atoms with Crippen LogP contribution in [0, 0.1) is 6.92 Å². The van der Waals surface area contributed by atoms with Crippen molar-refractivity contribution in [3.8, 4) is 0 Å². The second-order valence-corrected chi connectivity index (χ2v) is 7.10. The van der Waals surface area contributed by atoms with Gasteiger partial charge in [-0.25, -0.2) is 4.98 Å². The van der Waals surface area contributed by atoms with Gasteiger partial charge < -0.3 is 14.4 Å². The maximum Gasteiger partial charge on any atom is 0.259 e. The third-order valence-electron chi connectivity index (χ3n) is 5.36. The number of nitrogens with one attached hydrogen (secondary N) is 1. The van der Waals surface area contributed by atoms with E-state index < -0.39 is 0 Å². The first-order valence-corrected chi connectivity index (χ1v) is 8.93. The Bertz CT molecular complexity index is 940. The maximum absolute atomic E-state index is 13.4. The van der Waals surface area contributed by atoms with E-state index in [1.165, 1.54) is 0 Å². The number of pyridine rings is 1. The van der Waals surface area contributed by atoms with Crippen molar-refractivity contribution in [2.45, 2.75) is 44.6 Å². The number of hydrogen-bond acceptors (Lipinski definition) is 4. The highest BCUT2D eigenvalue weighted by Gasteiger charge is 2.34. The fourth-order valence-electron chi connectivity index (χ4n) is 3.91. The summed E-state index contributed by atoms with van der Waals surface area (Å²) in [6, 6.07) is 6.11. The minimum Gasteiger partial charge on any atom is -0.363 e. The predicted molar refractivity (Wildman–Crippen MR) is 92.3 cm³/mol. The number of H-pyrrole nitrogens is 1. The van der Waals surface area contributed by atoms with Crippen LogP contribution in [-0.4, -0.2) is 32.5 Å². The van der Waals surface area contributed by atoms with Gasteiger partial charge in [-0.1, -0.05) is 5.16 Å². The van der Waals surface area contributed by atoms with Gasteiger partial charge >= 0.3 is 0 Å². The SMILES string of the molecule is Cc1noc2nc(C3CC3)cc(C(=O)N3CCC[C@H]3c3ccc[nH]3)c12. The zero-order chi connectivity index (χ0) is 17.0. The van der Waals surface area contributed by atoms with Crippen molar-refractivity contribution in [3.63, 3.8) is 0 Å². The highest BCUT2D eigenvalue weighted by Crippen LogP contribution is 2.41. The summed E-state index contributed by atoms with van der Waals surface area (Å²) < 4.78 is 5.38. The lowest BCUT2D eigenvalue weighted by molar-refractivity contribution is 0.0735. The Balaban J connectivity index is 1.59. The molecule has 1 aliphatic carbocycles. The monoisotopic (exact) mass is 336 g/mol. The number of nitrogens with zero attached hydrogens (tertiary/aromatic N) is 3. The molecule has 0 unspecified atom stereocenters. The van der Waals surface area contributed by atoms with Crippen LogP contribution in [0.15, 0.2) is 28.9 Å². The smallest absolute Gasteiger partial charge is 0.259 e. The van der Waals surface area contributed by atoms with Crippen molar-refractivity contribution in [1.29, 1.82) is 0 Å². The Morgan fingerprint density at radius 2 is 2.24 bits per heavy atom. The summed E-state index contributed by atoms with van der Waals surface area (Å²) in [7, 11) is 0. The molecular formula is C19H20N4O2. The lowest BCUT2D eigenvalue weighted by atomic mass is 10.1. The van der Waals surface area contributed by atoms with Crippen LogP contribution in [0.2, 0.25) is 0 Å². The van der Waals surface area contributed by atoms with Gasteiger partial charge in [0.15, 0.2) is 0 Å². The molecule has 0 bridgehead atoms. The topological polar surface area (TPSA) is 75.0 Å². The van der Waals surface area contributed by atoms with Crippen molar-refractivity contribution < 1.29 is 9.32 Å². The fraction of sp³-hybridized carbons (Fsp3) is 0.421. The largest absolute Gasteiger partial charge is 0.363 e. The number of carbonyl (C=O) groups excluding carboxylic acids is 1. The summed E-state index contributed by atoms with van der Waals surface area (Å²) in [5, 5.41) is 4.80. The number of likely N-dealkylation sites (tertiary alicyclic amines) is 1. The van der Waals surface area contributed by atoms with Gasteiger partial charge in [0.1, 0.15) is 0 Å². The minimum absolute atomic E-state index is 0.0534. The van der Waals surface area contributed by atoms with E-state index in [1.807, 2.05) is 30.2 Å². The number of fused-ring (bicyclic) bond motifs is 1. The number of aromatic nitrogens is 3. The second kappa shape index (κ2) is 5.44. The van der Waals surface area contributed by atoms with E-state index in [0.717, 1.165) is 54.7 Å². The fourth-order valence-corrected chi connectivity index (χ4v) is 3.91. The number of hydrogen-bond donors (Lipinski definition) is 1. The second-order valence-electron chi connectivity index (χ2n) is 7.10. The van der Waals surface area contributed by atoms with Gasteiger partial charge in [0.2, 0.25) is 0 Å². The molecule has 3 aromatic rings. The van der Waals surface area contributed by atoms with E-state index in [4.69, 9.17) is 4.52 Å². The summed E-state index contributed by atoms with van der Waals surface area (Å²) in [6.45, 7) is 2.64. The Labute approximate surface area is 145 Å². The number of amides is 1. The molecule has 1 saturated heterocycles. The Morgan fingerprint density at radius 3 is 3.00 bits per heavy atom. The number of carbonyl (C=O) groups is 1. The molecule has 6 heteroatoms. The molecule has 0 spiro atoms. The molecule has 0 radical (unpaired) electrons. The lowest BCUT2D eigenvalue weighted by Crippen LogP contribution is -2.31. The molecule has 1 amide bonds. The Kier molecular flexibility index (Phi) is 3.20. The van der Waals surface area contributed by atoms with E-state index in [0.29, 0.717) is 17.2 Å². The molecule has 4 heterocycles. The highest BCUT2D eigenvalue weighted by molar-refractivity contribution is 6.06. The van der Waals surface area contributed by atoms with Crippen LogP contribution >= 0.6 is 0 Å². The summed E-state index contributed by atoms with van der Waals surface area (Å²) in [5.74, 6) is 0.511. The molecule has 0 aromatic carbocycles. The van der Waals surface area contributed by atoms with Crippen molar-refractivity contribution in [3.05, 3.63) is 47.0 Å². The number of rotatable bonds is 3. The minimum atomic E-state index is 0.0534. The van der Waals surface area contributed by atoms with E-state index in [1.54, 1.807) is 0 Å². The molecule has 6 nitrogen and oxygen atoms in total. The first-order chi connectivity index (χ1) is 12.2. The summed E-state index contributed by atoms with van der Waals surface area (Å²) in [6.07, 6.45) is 6.18. The van der Waals surface area contributed by atoms with Crippen LogP contribution in [0.1, 0.15) is 65.1 Å². The number of aromatic amines is 1. The van der Waals surface area contributed by atoms with Gasteiger partial charge in [0, 0.05) is 30.0 Å². The third kappa shape index (κ3) is 2.35. The van der Waals surface area contributed by atoms with Crippen LogP contribution < -0.4 is 0 Å².